The van der Waals surface area contributed by atoms with E-state index in [0.717, 1.165) is 30.8 Å². The number of hydrogen-bond donors (Lipinski definition) is 2. The summed E-state index contributed by atoms with van der Waals surface area (Å²) < 4.78 is 0. The normalized spacial score (nSPS) is 16.2. The molecule has 0 aliphatic carbocycles. The standard InChI is InChI=1S/C15H23N3O2/c1-3-16-14-8-11(2)17-9-13(14)15(20)18-6-4-12(10-19)5-7-18/h8-9,12,19H,3-7,10H2,1-2H3,(H,16,17). The Labute approximate surface area is 120 Å². The Morgan fingerprint density at radius 1 is 1.50 bits per heavy atom. The highest BCUT2D eigenvalue weighted by Gasteiger charge is 2.24. The van der Waals surface area contributed by atoms with Crippen molar-refractivity contribution >= 4 is 11.6 Å². The molecule has 0 spiro atoms. The summed E-state index contributed by atoms with van der Waals surface area (Å²) in [5.74, 6) is 0.369. The molecular weight excluding hydrogens is 254 g/mol. The highest BCUT2D eigenvalue weighted by atomic mass is 16.3. The van der Waals surface area contributed by atoms with Crippen LogP contribution in [0, 0.1) is 12.8 Å². The molecule has 0 bridgehead atoms. The van der Waals surface area contributed by atoms with Crippen LogP contribution < -0.4 is 5.32 Å². The van der Waals surface area contributed by atoms with Crippen LogP contribution in [0.15, 0.2) is 12.3 Å². The van der Waals surface area contributed by atoms with E-state index in [1.54, 1.807) is 6.20 Å². The number of carbonyl (C=O) groups is 1. The van der Waals surface area contributed by atoms with E-state index in [2.05, 4.69) is 10.3 Å². The van der Waals surface area contributed by atoms with Gasteiger partial charge < -0.3 is 15.3 Å². The number of nitrogens with one attached hydrogen (secondary N) is 1. The molecule has 0 radical (unpaired) electrons. The van der Waals surface area contributed by atoms with Crippen molar-refractivity contribution in [2.45, 2.75) is 26.7 Å². The third kappa shape index (κ3) is 3.28. The van der Waals surface area contributed by atoms with Crippen LogP contribution in [-0.2, 0) is 0 Å². The van der Waals surface area contributed by atoms with Crippen LogP contribution in [0.2, 0.25) is 0 Å². The van der Waals surface area contributed by atoms with Crippen molar-refractivity contribution in [2.24, 2.45) is 5.92 Å². The first-order chi connectivity index (χ1) is 9.65. The maximum Gasteiger partial charge on any atom is 0.257 e. The highest BCUT2D eigenvalue weighted by Crippen LogP contribution is 2.22. The molecule has 5 heteroatoms. The molecule has 2 rings (SSSR count). The second kappa shape index (κ2) is 6.70. The number of aliphatic hydroxyl groups excluding tert-OH is 1. The number of aliphatic hydroxyl groups is 1. The molecule has 1 aromatic heterocycles. The molecule has 0 saturated carbocycles. The number of aromatic nitrogens is 1. The predicted octanol–water partition coefficient (Wildman–Crippen LogP) is 1.67. The Morgan fingerprint density at radius 2 is 2.20 bits per heavy atom. The van der Waals surface area contributed by atoms with Crippen LogP contribution in [0.5, 0.6) is 0 Å². The van der Waals surface area contributed by atoms with Gasteiger partial charge in [-0.15, -0.1) is 0 Å². The summed E-state index contributed by atoms with van der Waals surface area (Å²) in [5.41, 5.74) is 2.39. The Balaban J connectivity index is 2.13. The lowest BCUT2D eigenvalue weighted by Gasteiger charge is -2.31. The van der Waals surface area contributed by atoms with Gasteiger partial charge in [-0.25, -0.2) is 0 Å². The monoisotopic (exact) mass is 277 g/mol. The number of nitrogens with zero attached hydrogens (tertiary/aromatic N) is 2. The zero-order valence-electron chi connectivity index (χ0n) is 12.2. The van der Waals surface area contributed by atoms with Gasteiger partial charge in [-0.1, -0.05) is 0 Å². The first kappa shape index (κ1) is 14.8. The Kier molecular flexibility index (Phi) is 4.95. The van der Waals surface area contributed by atoms with Gasteiger partial charge in [0, 0.05) is 38.1 Å². The van der Waals surface area contributed by atoms with Crippen LogP contribution in [-0.4, -0.2) is 47.1 Å². The Morgan fingerprint density at radius 3 is 2.80 bits per heavy atom. The van der Waals surface area contributed by atoms with E-state index in [1.807, 2.05) is 24.8 Å². The Bertz CT molecular complexity index is 468. The van der Waals surface area contributed by atoms with Crippen LogP contribution in [0.4, 0.5) is 5.69 Å². The fraction of sp³-hybridized carbons (Fsp3) is 0.600. The quantitative estimate of drug-likeness (QED) is 0.878. The minimum atomic E-state index is 0.0323. The van der Waals surface area contributed by atoms with Crippen molar-refractivity contribution < 1.29 is 9.90 Å². The summed E-state index contributed by atoms with van der Waals surface area (Å²) in [6, 6.07) is 1.91. The van der Waals surface area contributed by atoms with Gasteiger partial charge in [-0.05, 0) is 38.7 Å². The van der Waals surface area contributed by atoms with Crippen LogP contribution in [0.25, 0.3) is 0 Å². The van der Waals surface area contributed by atoms with Gasteiger partial charge in [-0.2, -0.15) is 0 Å². The molecule has 5 nitrogen and oxygen atoms in total. The number of piperidine rings is 1. The fourth-order valence-electron chi connectivity index (χ4n) is 2.56. The second-order valence-corrected chi connectivity index (χ2v) is 5.32. The first-order valence-corrected chi connectivity index (χ1v) is 7.26. The van der Waals surface area contributed by atoms with Gasteiger partial charge in [0.15, 0.2) is 0 Å². The maximum atomic E-state index is 12.6. The third-order valence-corrected chi connectivity index (χ3v) is 3.80. The van der Waals surface area contributed by atoms with Gasteiger partial charge in [0.05, 0.1) is 11.3 Å². The number of amides is 1. The Hall–Kier alpha value is -1.62. The smallest absolute Gasteiger partial charge is 0.257 e. The topological polar surface area (TPSA) is 65.5 Å². The van der Waals surface area contributed by atoms with Crippen molar-refractivity contribution in [2.75, 3.05) is 31.6 Å². The summed E-state index contributed by atoms with van der Waals surface area (Å²) in [6.45, 7) is 6.35. The van der Waals surface area contributed by atoms with Crippen LogP contribution in [0.3, 0.4) is 0 Å². The van der Waals surface area contributed by atoms with E-state index < -0.39 is 0 Å². The molecule has 0 atom stereocenters. The molecule has 2 N–H and O–H groups in total. The number of anilines is 1. The maximum absolute atomic E-state index is 12.6. The van der Waals surface area contributed by atoms with Crippen molar-refractivity contribution in [3.63, 3.8) is 0 Å². The molecule has 1 amide bonds. The second-order valence-electron chi connectivity index (χ2n) is 5.32. The fourth-order valence-corrected chi connectivity index (χ4v) is 2.56. The van der Waals surface area contributed by atoms with Gasteiger partial charge in [0.25, 0.3) is 5.91 Å². The number of hydrogen-bond acceptors (Lipinski definition) is 4. The van der Waals surface area contributed by atoms with Crippen LogP contribution >= 0.6 is 0 Å². The summed E-state index contributed by atoms with van der Waals surface area (Å²) in [6.07, 6.45) is 3.41. The highest BCUT2D eigenvalue weighted by molar-refractivity contribution is 5.99. The molecule has 1 aliphatic rings. The van der Waals surface area contributed by atoms with Gasteiger partial charge >= 0.3 is 0 Å². The summed E-state index contributed by atoms with van der Waals surface area (Å²) >= 11 is 0. The zero-order chi connectivity index (χ0) is 14.5. The lowest BCUT2D eigenvalue weighted by molar-refractivity contribution is 0.0651. The summed E-state index contributed by atoms with van der Waals surface area (Å²) in [4.78, 5) is 18.7. The van der Waals surface area contributed by atoms with E-state index in [1.165, 1.54) is 0 Å². The van der Waals surface area contributed by atoms with Gasteiger partial charge in [0.1, 0.15) is 0 Å². The number of carbonyl (C=O) groups excluding carboxylic acids is 1. The van der Waals surface area contributed by atoms with Crippen molar-refractivity contribution in [3.8, 4) is 0 Å². The number of rotatable bonds is 4. The predicted molar refractivity (Wildman–Crippen MR) is 78.9 cm³/mol. The lowest BCUT2D eigenvalue weighted by Crippen LogP contribution is -2.39. The first-order valence-electron chi connectivity index (χ1n) is 7.26. The van der Waals surface area contributed by atoms with E-state index in [4.69, 9.17) is 5.11 Å². The van der Waals surface area contributed by atoms with Crippen LogP contribution in [0.1, 0.15) is 35.8 Å². The van der Waals surface area contributed by atoms with Crippen molar-refractivity contribution in [1.29, 1.82) is 0 Å². The largest absolute Gasteiger partial charge is 0.396 e. The molecule has 2 heterocycles. The SMILES string of the molecule is CCNc1cc(C)ncc1C(=O)N1CCC(CO)CC1. The molecule has 0 unspecified atom stereocenters. The lowest BCUT2D eigenvalue weighted by atomic mass is 9.97. The molecule has 20 heavy (non-hydrogen) atoms. The number of likely N-dealkylation sites (tertiary alicyclic amines) is 1. The van der Waals surface area contributed by atoms with Crippen molar-refractivity contribution in [3.05, 3.63) is 23.5 Å². The summed E-state index contributed by atoms with van der Waals surface area (Å²) in [5, 5.41) is 12.4. The zero-order valence-corrected chi connectivity index (χ0v) is 12.2. The minimum absolute atomic E-state index is 0.0323. The molecule has 0 aromatic carbocycles. The van der Waals surface area contributed by atoms with E-state index in [-0.39, 0.29) is 12.5 Å². The average Bonchev–Trinajstić information content (AvgIpc) is 2.47. The average molecular weight is 277 g/mol. The van der Waals surface area contributed by atoms with Crippen molar-refractivity contribution in [1.82, 2.24) is 9.88 Å². The molecular formula is C15H23N3O2. The van der Waals surface area contributed by atoms with E-state index in [9.17, 15) is 4.79 Å². The van der Waals surface area contributed by atoms with E-state index in [0.29, 0.717) is 24.6 Å². The molecule has 1 saturated heterocycles. The summed E-state index contributed by atoms with van der Waals surface area (Å²) in [7, 11) is 0. The van der Waals surface area contributed by atoms with E-state index >= 15 is 0 Å². The minimum Gasteiger partial charge on any atom is -0.396 e. The third-order valence-electron chi connectivity index (χ3n) is 3.80. The molecule has 110 valence electrons. The molecule has 1 fully saturated rings. The molecule has 1 aromatic rings. The van der Waals surface area contributed by atoms with Gasteiger partial charge in [0.2, 0.25) is 0 Å². The molecule has 1 aliphatic heterocycles. The number of pyridine rings is 1. The van der Waals surface area contributed by atoms with Gasteiger partial charge in [-0.3, -0.25) is 9.78 Å². The number of aryl methyl sites for hydroxylation is 1.